The summed E-state index contributed by atoms with van der Waals surface area (Å²) in [5.74, 6) is 1.51. The van der Waals surface area contributed by atoms with Crippen molar-refractivity contribution in [3.8, 4) is 5.75 Å². The quantitative estimate of drug-likeness (QED) is 0.204. The summed E-state index contributed by atoms with van der Waals surface area (Å²) < 4.78 is 10.6. The summed E-state index contributed by atoms with van der Waals surface area (Å²) in [6.07, 6.45) is 1.88. The van der Waals surface area contributed by atoms with Gasteiger partial charge < -0.3 is 25.0 Å². The molecule has 1 heterocycles. The van der Waals surface area contributed by atoms with Gasteiger partial charge in [-0.1, -0.05) is 12.1 Å². The number of hydrogen-bond donors (Lipinski definition) is 2. The Hall–Kier alpha value is -1.59. The van der Waals surface area contributed by atoms with Crippen molar-refractivity contribution in [3.63, 3.8) is 0 Å². The minimum Gasteiger partial charge on any atom is -0.497 e. The van der Waals surface area contributed by atoms with Gasteiger partial charge in [-0.25, -0.2) is 4.99 Å². The van der Waals surface area contributed by atoms with Gasteiger partial charge in [-0.15, -0.1) is 24.0 Å². The molecule has 1 aliphatic rings. The summed E-state index contributed by atoms with van der Waals surface area (Å²) in [4.78, 5) is 20.3. The van der Waals surface area contributed by atoms with E-state index in [4.69, 9.17) is 9.47 Å². The predicted molar refractivity (Wildman–Crippen MR) is 131 cm³/mol. The van der Waals surface area contributed by atoms with E-state index in [0.717, 1.165) is 64.5 Å². The molecule has 170 valence electrons. The Morgan fingerprint density at radius 3 is 2.47 bits per heavy atom. The molecule has 0 aromatic heterocycles. The Bertz CT molecular complexity index is 634. The van der Waals surface area contributed by atoms with E-state index in [1.165, 1.54) is 5.56 Å². The summed E-state index contributed by atoms with van der Waals surface area (Å²) in [5.41, 5.74) is 1.22. The second-order valence-electron chi connectivity index (χ2n) is 7.21. The fourth-order valence-corrected chi connectivity index (χ4v) is 2.91. The number of likely N-dealkylation sites (N-methyl/N-ethyl adjacent to an activating group) is 1. The molecule has 1 saturated heterocycles. The molecule has 1 amide bonds. The molecule has 0 unspecified atom stereocenters. The molecule has 0 saturated carbocycles. The number of amides is 1. The van der Waals surface area contributed by atoms with Crippen LogP contribution in [0.2, 0.25) is 0 Å². The van der Waals surface area contributed by atoms with Crippen molar-refractivity contribution in [3.05, 3.63) is 29.8 Å². The van der Waals surface area contributed by atoms with Crippen LogP contribution in [0, 0.1) is 0 Å². The Kier molecular flexibility index (Phi) is 13.4. The Morgan fingerprint density at radius 2 is 1.83 bits per heavy atom. The van der Waals surface area contributed by atoms with Gasteiger partial charge in [0.2, 0.25) is 5.91 Å². The smallest absolute Gasteiger partial charge is 0.243 e. The Balaban J connectivity index is 0.00000450. The maximum absolute atomic E-state index is 11.9. The number of hydrogen-bond acceptors (Lipinski definition) is 5. The summed E-state index contributed by atoms with van der Waals surface area (Å²) >= 11 is 0. The molecule has 0 spiro atoms. The van der Waals surface area contributed by atoms with Crippen LogP contribution in [0.25, 0.3) is 0 Å². The van der Waals surface area contributed by atoms with E-state index in [2.05, 4.69) is 32.7 Å². The standard InChI is InChI=1S/C21H35N5O3.HI/c1-25(2)20(27)17-24-21(22-10-4-12-26-13-15-29-16-14-26)23-11-9-18-5-7-19(28-3)8-6-18;/h5-8H,4,9-17H2,1-3H3,(H2,22,23,24);1H. The Labute approximate surface area is 197 Å². The summed E-state index contributed by atoms with van der Waals surface area (Å²) in [6, 6.07) is 8.04. The maximum atomic E-state index is 11.9. The second kappa shape index (κ2) is 15.2. The number of nitrogens with zero attached hydrogens (tertiary/aromatic N) is 3. The highest BCUT2D eigenvalue weighted by Crippen LogP contribution is 2.11. The molecular formula is C21H36IN5O3. The van der Waals surface area contributed by atoms with Crippen LogP contribution in [0.15, 0.2) is 29.3 Å². The molecule has 2 N–H and O–H groups in total. The monoisotopic (exact) mass is 533 g/mol. The van der Waals surface area contributed by atoms with Gasteiger partial charge in [-0.2, -0.15) is 0 Å². The van der Waals surface area contributed by atoms with Crippen molar-refractivity contribution in [1.82, 2.24) is 20.4 Å². The molecule has 1 aromatic rings. The highest BCUT2D eigenvalue weighted by molar-refractivity contribution is 14.0. The van der Waals surface area contributed by atoms with E-state index in [9.17, 15) is 4.79 Å². The van der Waals surface area contributed by atoms with Gasteiger partial charge in [-0.05, 0) is 37.1 Å². The lowest BCUT2D eigenvalue weighted by Crippen LogP contribution is -2.41. The highest BCUT2D eigenvalue weighted by Gasteiger charge is 2.09. The van der Waals surface area contributed by atoms with Gasteiger partial charge in [0.1, 0.15) is 12.3 Å². The number of halogens is 1. The zero-order chi connectivity index (χ0) is 20.9. The number of methoxy groups -OCH3 is 1. The number of guanidine groups is 1. The third-order valence-corrected chi connectivity index (χ3v) is 4.78. The number of rotatable bonds is 10. The summed E-state index contributed by atoms with van der Waals surface area (Å²) in [6.45, 7) is 6.34. The largest absolute Gasteiger partial charge is 0.497 e. The fraction of sp³-hybridized carbons (Fsp3) is 0.619. The molecular weight excluding hydrogens is 497 g/mol. The van der Waals surface area contributed by atoms with Gasteiger partial charge >= 0.3 is 0 Å². The number of aliphatic imine (C=N–C) groups is 1. The van der Waals surface area contributed by atoms with Crippen molar-refractivity contribution in [2.24, 2.45) is 4.99 Å². The van der Waals surface area contributed by atoms with E-state index in [1.54, 1.807) is 26.1 Å². The molecule has 9 heteroatoms. The molecule has 1 fully saturated rings. The number of nitrogens with one attached hydrogen (secondary N) is 2. The molecule has 2 rings (SSSR count). The van der Waals surface area contributed by atoms with Gasteiger partial charge in [0.05, 0.1) is 20.3 Å². The van der Waals surface area contributed by atoms with Crippen molar-refractivity contribution in [2.75, 3.05) is 73.7 Å². The third-order valence-electron chi connectivity index (χ3n) is 4.78. The molecule has 1 aliphatic heterocycles. The molecule has 1 aromatic carbocycles. The minimum atomic E-state index is -0.0189. The van der Waals surface area contributed by atoms with Crippen LogP contribution in [-0.4, -0.2) is 95.4 Å². The van der Waals surface area contributed by atoms with Crippen LogP contribution >= 0.6 is 24.0 Å². The van der Waals surface area contributed by atoms with Gasteiger partial charge in [0.25, 0.3) is 0 Å². The lowest BCUT2D eigenvalue weighted by molar-refractivity contribution is -0.127. The lowest BCUT2D eigenvalue weighted by Gasteiger charge is -2.26. The molecule has 30 heavy (non-hydrogen) atoms. The van der Waals surface area contributed by atoms with Crippen LogP contribution in [0.1, 0.15) is 12.0 Å². The first kappa shape index (κ1) is 26.4. The minimum absolute atomic E-state index is 0. The molecule has 0 radical (unpaired) electrons. The van der Waals surface area contributed by atoms with E-state index in [0.29, 0.717) is 5.96 Å². The van der Waals surface area contributed by atoms with E-state index < -0.39 is 0 Å². The van der Waals surface area contributed by atoms with Crippen LogP contribution in [0.4, 0.5) is 0 Å². The van der Waals surface area contributed by atoms with Crippen molar-refractivity contribution < 1.29 is 14.3 Å². The van der Waals surface area contributed by atoms with Crippen molar-refractivity contribution in [1.29, 1.82) is 0 Å². The predicted octanol–water partition coefficient (Wildman–Crippen LogP) is 1.20. The molecule has 0 bridgehead atoms. The zero-order valence-electron chi connectivity index (χ0n) is 18.4. The third kappa shape index (κ3) is 10.4. The molecule has 0 aliphatic carbocycles. The molecule has 8 nitrogen and oxygen atoms in total. The first-order valence-corrected chi connectivity index (χ1v) is 10.2. The second-order valence-corrected chi connectivity index (χ2v) is 7.21. The van der Waals surface area contributed by atoms with Gasteiger partial charge in [0, 0.05) is 40.3 Å². The average molecular weight is 533 g/mol. The SMILES string of the molecule is COc1ccc(CCNC(=NCC(=O)N(C)C)NCCCN2CCOCC2)cc1.I. The van der Waals surface area contributed by atoms with Crippen LogP contribution in [0.3, 0.4) is 0 Å². The van der Waals surface area contributed by atoms with E-state index in [1.807, 2.05) is 12.1 Å². The lowest BCUT2D eigenvalue weighted by atomic mass is 10.1. The number of morpholine rings is 1. The highest BCUT2D eigenvalue weighted by atomic mass is 127. The van der Waals surface area contributed by atoms with Crippen molar-refractivity contribution >= 4 is 35.8 Å². The number of benzene rings is 1. The van der Waals surface area contributed by atoms with E-state index in [-0.39, 0.29) is 36.4 Å². The fourth-order valence-electron chi connectivity index (χ4n) is 2.91. The molecule has 0 atom stereocenters. The van der Waals surface area contributed by atoms with Crippen molar-refractivity contribution in [2.45, 2.75) is 12.8 Å². The van der Waals surface area contributed by atoms with Crippen LogP contribution in [-0.2, 0) is 16.0 Å². The van der Waals surface area contributed by atoms with Crippen LogP contribution in [0.5, 0.6) is 5.75 Å². The first-order valence-electron chi connectivity index (χ1n) is 10.2. The van der Waals surface area contributed by atoms with E-state index >= 15 is 0 Å². The first-order chi connectivity index (χ1) is 14.1. The number of carbonyl (C=O) groups excluding carboxylic acids is 1. The zero-order valence-corrected chi connectivity index (χ0v) is 20.7. The Morgan fingerprint density at radius 1 is 1.17 bits per heavy atom. The number of ether oxygens (including phenoxy) is 2. The summed E-state index contributed by atoms with van der Waals surface area (Å²) in [7, 11) is 5.15. The average Bonchev–Trinajstić information content (AvgIpc) is 2.75. The van der Waals surface area contributed by atoms with Gasteiger partial charge in [-0.3, -0.25) is 9.69 Å². The van der Waals surface area contributed by atoms with Gasteiger partial charge in [0.15, 0.2) is 5.96 Å². The summed E-state index contributed by atoms with van der Waals surface area (Å²) in [5, 5.41) is 6.68. The number of carbonyl (C=O) groups is 1. The van der Waals surface area contributed by atoms with Crippen LogP contribution < -0.4 is 15.4 Å². The normalized spacial score (nSPS) is 14.6. The maximum Gasteiger partial charge on any atom is 0.243 e. The topological polar surface area (TPSA) is 78.4 Å².